The standard InChI is InChI=1S/C19H24FN7/c1-13-10-18(27-19(23-13)21-12-22-27)26(2)9-3-4-16-11-17(25-24-16)14-5-7-15(20)8-6-14/h5-8,10,12,16-17,24-25H,3-4,9,11H2,1-2H3. The molecule has 2 N–H and O–H groups in total. The molecule has 3 aromatic rings. The highest BCUT2D eigenvalue weighted by atomic mass is 19.1. The monoisotopic (exact) mass is 369 g/mol. The lowest BCUT2D eigenvalue weighted by Crippen LogP contribution is -2.31. The first kappa shape index (κ1) is 17.8. The number of hydrogen-bond donors (Lipinski definition) is 2. The topological polar surface area (TPSA) is 70.4 Å². The molecule has 142 valence electrons. The zero-order chi connectivity index (χ0) is 18.8. The lowest BCUT2D eigenvalue weighted by molar-refractivity contribution is 0.502. The van der Waals surface area contributed by atoms with Crippen molar-refractivity contribution in [1.82, 2.24) is 30.4 Å². The second-order valence-electron chi connectivity index (χ2n) is 7.12. The van der Waals surface area contributed by atoms with E-state index in [1.54, 1.807) is 4.52 Å². The second-order valence-corrected chi connectivity index (χ2v) is 7.12. The van der Waals surface area contributed by atoms with Crippen LogP contribution in [0.4, 0.5) is 10.2 Å². The third-order valence-electron chi connectivity index (χ3n) is 5.05. The quantitative estimate of drug-likeness (QED) is 0.695. The molecule has 1 saturated heterocycles. The van der Waals surface area contributed by atoms with Gasteiger partial charge in [0.25, 0.3) is 5.78 Å². The zero-order valence-electron chi connectivity index (χ0n) is 15.6. The van der Waals surface area contributed by atoms with Crippen molar-refractivity contribution in [3.8, 4) is 0 Å². The molecule has 8 heteroatoms. The van der Waals surface area contributed by atoms with Crippen LogP contribution in [0.25, 0.3) is 5.78 Å². The fraction of sp³-hybridized carbons (Fsp3) is 0.421. The molecular weight excluding hydrogens is 345 g/mol. The molecule has 27 heavy (non-hydrogen) atoms. The number of nitrogens with zero attached hydrogens (tertiary/aromatic N) is 5. The molecule has 1 fully saturated rings. The van der Waals surface area contributed by atoms with Gasteiger partial charge in [-0.15, -0.1) is 0 Å². The van der Waals surface area contributed by atoms with Gasteiger partial charge in [-0.3, -0.25) is 10.9 Å². The van der Waals surface area contributed by atoms with E-state index in [0.717, 1.165) is 42.9 Å². The lowest BCUT2D eigenvalue weighted by Gasteiger charge is -2.20. The highest BCUT2D eigenvalue weighted by Gasteiger charge is 2.24. The van der Waals surface area contributed by atoms with Crippen LogP contribution in [0.3, 0.4) is 0 Å². The molecule has 0 spiro atoms. The van der Waals surface area contributed by atoms with Gasteiger partial charge in [-0.1, -0.05) is 12.1 Å². The number of fused-ring (bicyclic) bond motifs is 1. The third-order valence-corrected chi connectivity index (χ3v) is 5.05. The number of anilines is 1. The first-order valence-corrected chi connectivity index (χ1v) is 9.25. The zero-order valence-corrected chi connectivity index (χ0v) is 15.6. The van der Waals surface area contributed by atoms with Crippen molar-refractivity contribution in [2.24, 2.45) is 0 Å². The smallest absolute Gasteiger partial charge is 0.254 e. The summed E-state index contributed by atoms with van der Waals surface area (Å²) in [6, 6.07) is 9.38. The average molecular weight is 369 g/mol. The van der Waals surface area contributed by atoms with E-state index in [1.165, 1.54) is 18.5 Å². The van der Waals surface area contributed by atoms with Crippen molar-refractivity contribution >= 4 is 11.6 Å². The fourth-order valence-electron chi connectivity index (χ4n) is 3.60. The van der Waals surface area contributed by atoms with Gasteiger partial charge in [0.05, 0.1) is 0 Å². The predicted octanol–water partition coefficient (Wildman–Crippen LogP) is 2.40. The Hall–Kier alpha value is -2.58. The highest BCUT2D eigenvalue weighted by molar-refractivity contribution is 5.46. The summed E-state index contributed by atoms with van der Waals surface area (Å²) in [5.41, 5.74) is 8.74. The maximum atomic E-state index is 13.1. The molecule has 1 aliphatic heterocycles. The number of rotatable bonds is 6. The summed E-state index contributed by atoms with van der Waals surface area (Å²) in [6.07, 6.45) is 4.63. The summed E-state index contributed by atoms with van der Waals surface area (Å²) in [4.78, 5) is 10.8. The van der Waals surface area contributed by atoms with Gasteiger partial charge in [-0.25, -0.2) is 9.37 Å². The lowest BCUT2D eigenvalue weighted by atomic mass is 9.99. The maximum absolute atomic E-state index is 13.1. The summed E-state index contributed by atoms with van der Waals surface area (Å²) in [7, 11) is 2.07. The maximum Gasteiger partial charge on any atom is 0.254 e. The van der Waals surface area contributed by atoms with Crippen LogP contribution in [-0.4, -0.2) is 39.2 Å². The van der Waals surface area contributed by atoms with E-state index in [1.807, 2.05) is 25.1 Å². The van der Waals surface area contributed by atoms with Crippen LogP contribution in [0.15, 0.2) is 36.7 Å². The van der Waals surface area contributed by atoms with E-state index in [-0.39, 0.29) is 11.9 Å². The Morgan fingerprint density at radius 1 is 1.26 bits per heavy atom. The SMILES string of the molecule is Cc1cc(N(C)CCCC2CC(c3ccc(F)cc3)NN2)n2ncnc2n1. The van der Waals surface area contributed by atoms with Crippen molar-refractivity contribution in [2.45, 2.75) is 38.3 Å². The number of hydrazine groups is 1. The molecular formula is C19H24FN7. The molecule has 1 aromatic carbocycles. The number of halogens is 1. The fourth-order valence-corrected chi connectivity index (χ4v) is 3.60. The minimum atomic E-state index is -0.197. The Morgan fingerprint density at radius 2 is 2.07 bits per heavy atom. The number of nitrogens with one attached hydrogen (secondary N) is 2. The minimum absolute atomic E-state index is 0.197. The molecule has 1 aliphatic rings. The van der Waals surface area contributed by atoms with Crippen LogP contribution < -0.4 is 15.8 Å². The summed E-state index contributed by atoms with van der Waals surface area (Å²) in [5, 5.41) is 4.27. The van der Waals surface area contributed by atoms with Crippen LogP contribution in [0.1, 0.15) is 36.6 Å². The summed E-state index contributed by atoms with van der Waals surface area (Å²) < 4.78 is 14.9. The van der Waals surface area contributed by atoms with E-state index >= 15 is 0 Å². The van der Waals surface area contributed by atoms with Gasteiger partial charge < -0.3 is 4.90 Å². The molecule has 3 heterocycles. The molecule has 2 atom stereocenters. The molecule has 2 unspecified atom stereocenters. The second kappa shape index (κ2) is 7.58. The molecule has 4 rings (SSSR count). The molecule has 0 bridgehead atoms. The number of hydrogen-bond acceptors (Lipinski definition) is 6. The van der Waals surface area contributed by atoms with Crippen LogP contribution in [-0.2, 0) is 0 Å². The Kier molecular flexibility index (Phi) is 5.00. The van der Waals surface area contributed by atoms with Crippen molar-refractivity contribution in [3.63, 3.8) is 0 Å². The number of aryl methyl sites for hydroxylation is 1. The summed E-state index contributed by atoms with van der Waals surface area (Å²) in [5.74, 6) is 1.43. The molecule has 0 saturated carbocycles. The van der Waals surface area contributed by atoms with Crippen LogP contribution in [0.2, 0.25) is 0 Å². The van der Waals surface area contributed by atoms with Crippen LogP contribution in [0.5, 0.6) is 0 Å². The number of aromatic nitrogens is 4. The third kappa shape index (κ3) is 3.91. The summed E-state index contributed by atoms with van der Waals surface area (Å²) >= 11 is 0. The van der Waals surface area contributed by atoms with Gasteiger partial charge in [0.15, 0.2) is 0 Å². The van der Waals surface area contributed by atoms with Gasteiger partial charge in [-0.2, -0.15) is 14.6 Å². The van der Waals surface area contributed by atoms with E-state index in [2.05, 4.69) is 37.9 Å². The first-order valence-electron chi connectivity index (χ1n) is 9.25. The summed E-state index contributed by atoms with van der Waals surface area (Å²) in [6.45, 7) is 2.88. The Bertz CT molecular complexity index is 908. The van der Waals surface area contributed by atoms with E-state index < -0.39 is 0 Å². The van der Waals surface area contributed by atoms with Crippen molar-refractivity contribution < 1.29 is 4.39 Å². The van der Waals surface area contributed by atoms with Gasteiger partial charge in [-0.05, 0) is 43.9 Å². The first-order chi connectivity index (χ1) is 13.1. The van der Waals surface area contributed by atoms with Gasteiger partial charge in [0.2, 0.25) is 0 Å². The Morgan fingerprint density at radius 3 is 2.89 bits per heavy atom. The van der Waals surface area contributed by atoms with Crippen LogP contribution >= 0.6 is 0 Å². The molecule has 0 radical (unpaired) electrons. The van der Waals surface area contributed by atoms with Gasteiger partial charge in [0.1, 0.15) is 18.0 Å². The molecule has 0 aliphatic carbocycles. The minimum Gasteiger partial charge on any atom is -0.359 e. The molecule has 7 nitrogen and oxygen atoms in total. The number of benzene rings is 1. The van der Waals surface area contributed by atoms with E-state index in [4.69, 9.17) is 0 Å². The van der Waals surface area contributed by atoms with E-state index in [9.17, 15) is 4.39 Å². The highest BCUT2D eigenvalue weighted by Crippen LogP contribution is 2.24. The Balaban J connectivity index is 1.31. The van der Waals surface area contributed by atoms with Gasteiger partial charge >= 0.3 is 0 Å². The van der Waals surface area contributed by atoms with Gasteiger partial charge in [0, 0.05) is 37.4 Å². The largest absolute Gasteiger partial charge is 0.359 e. The van der Waals surface area contributed by atoms with Crippen molar-refractivity contribution in [1.29, 1.82) is 0 Å². The van der Waals surface area contributed by atoms with Crippen LogP contribution in [0, 0.1) is 12.7 Å². The molecule has 0 amide bonds. The Labute approximate surface area is 157 Å². The predicted molar refractivity (Wildman–Crippen MR) is 102 cm³/mol. The average Bonchev–Trinajstić information content (AvgIpc) is 3.31. The van der Waals surface area contributed by atoms with E-state index in [0.29, 0.717) is 11.8 Å². The van der Waals surface area contributed by atoms with Crippen molar-refractivity contribution in [3.05, 3.63) is 53.7 Å². The normalized spacial score (nSPS) is 19.7. The molecule has 2 aromatic heterocycles. The van der Waals surface area contributed by atoms with Crippen molar-refractivity contribution in [2.75, 3.05) is 18.5 Å².